The highest BCUT2D eigenvalue weighted by Gasteiger charge is 2.03. The lowest BCUT2D eigenvalue weighted by Crippen LogP contribution is -2.38. The number of hydrogen-bond acceptors (Lipinski definition) is 4. The number of benzene rings is 1. The van der Waals surface area contributed by atoms with Crippen LogP contribution in [0.15, 0.2) is 35.6 Å². The normalized spacial score (nSPS) is 10.9. The van der Waals surface area contributed by atoms with Crippen molar-refractivity contribution in [3.63, 3.8) is 0 Å². The molecule has 0 fully saturated rings. The number of nitrogens with one attached hydrogen (secondary N) is 2. The second-order valence-electron chi connectivity index (χ2n) is 5.25. The van der Waals surface area contributed by atoms with Gasteiger partial charge in [-0.1, -0.05) is 12.1 Å². The van der Waals surface area contributed by atoms with E-state index in [1.54, 1.807) is 13.4 Å². The number of guanidine groups is 1. The van der Waals surface area contributed by atoms with Crippen LogP contribution in [0.3, 0.4) is 0 Å². The highest BCUT2D eigenvalue weighted by atomic mass is 127. The Bertz CT molecular complexity index is 641. The van der Waals surface area contributed by atoms with Gasteiger partial charge in [-0.05, 0) is 38.0 Å². The first kappa shape index (κ1) is 21.2. The molecule has 0 unspecified atom stereocenters. The fraction of sp³-hybridized carbons (Fsp3) is 0.471. The van der Waals surface area contributed by atoms with Crippen LogP contribution in [-0.2, 0) is 19.5 Å². The Morgan fingerprint density at radius 3 is 2.60 bits per heavy atom. The van der Waals surface area contributed by atoms with Crippen molar-refractivity contribution < 1.29 is 4.74 Å². The van der Waals surface area contributed by atoms with E-state index < -0.39 is 0 Å². The van der Waals surface area contributed by atoms with Gasteiger partial charge < -0.3 is 19.9 Å². The van der Waals surface area contributed by atoms with Gasteiger partial charge in [0.1, 0.15) is 18.6 Å². The number of rotatable bonds is 8. The van der Waals surface area contributed by atoms with Crippen LogP contribution in [0.1, 0.15) is 25.2 Å². The van der Waals surface area contributed by atoms with E-state index in [4.69, 9.17) is 4.74 Å². The van der Waals surface area contributed by atoms with Gasteiger partial charge in [0, 0.05) is 19.6 Å². The van der Waals surface area contributed by atoms with E-state index in [9.17, 15) is 0 Å². The van der Waals surface area contributed by atoms with Crippen LogP contribution in [-0.4, -0.2) is 40.9 Å². The number of methoxy groups -OCH3 is 1. The van der Waals surface area contributed by atoms with Gasteiger partial charge in [-0.2, -0.15) is 0 Å². The maximum Gasteiger partial charge on any atom is 0.191 e. The Morgan fingerprint density at radius 1 is 1.20 bits per heavy atom. The van der Waals surface area contributed by atoms with Gasteiger partial charge in [-0.3, -0.25) is 0 Å². The highest BCUT2D eigenvalue weighted by molar-refractivity contribution is 14.0. The number of aliphatic imine (C=N–C) groups is 1. The molecule has 2 rings (SSSR count). The monoisotopic (exact) mass is 458 g/mol. The lowest BCUT2D eigenvalue weighted by molar-refractivity contribution is 0.414. The fourth-order valence-electron chi connectivity index (χ4n) is 2.27. The smallest absolute Gasteiger partial charge is 0.191 e. The molecule has 2 aromatic rings. The summed E-state index contributed by atoms with van der Waals surface area (Å²) in [5, 5.41) is 14.6. The van der Waals surface area contributed by atoms with Crippen LogP contribution in [0.5, 0.6) is 5.75 Å². The van der Waals surface area contributed by atoms with Gasteiger partial charge in [-0.25, -0.2) is 4.99 Å². The van der Waals surface area contributed by atoms with Crippen molar-refractivity contribution in [3.05, 3.63) is 42.0 Å². The Labute approximate surface area is 166 Å². The number of halogens is 1. The Balaban J connectivity index is 0.00000312. The Morgan fingerprint density at radius 2 is 1.96 bits per heavy atom. The molecule has 0 aliphatic rings. The summed E-state index contributed by atoms with van der Waals surface area (Å²) < 4.78 is 7.16. The minimum Gasteiger partial charge on any atom is -0.497 e. The zero-order valence-electron chi connectivity index (χ0n) is 15.0. The number of hydrogen-bond donors (Lipinski definition) is 2. The number of aromatic nitrogens is 3. The molecule has 138 valence electrons. The molecule has 0 amide bonds. The van der Waals surface area contributed by atoms with Crippen LogP contribution in [0.25, 0.3) is 0 Å². The van der Waals surface area contributed by atoms with Crippen molar-refractivity contribution in [1.29, 1.82) is 0 Å². The van der Waals surface area contributed by atoms with E-state index in [0.29, 0.717) is 6.54 Å². The predicted molar refractivity (Wildman–Crippen MR) is 111 cm³/mol. The third kappa shape index (κ3) is 6.89. The summed E-state index contributed by atoms with van der Waals surface area (Å²) in [5.74, 6) is 2.53. The summed E-state index contributed by atoms with van der Waals surface area (Å²) in [6, 6.07) is 8.11. The molecule has 0 saturated carbocycles. The fourth-order valence-corrected chi connectivity index (χ4v) is 2.27. The van der Waals surface area contributed by atoms with Gasteiger partial charge in [-0.15, -0.1) is 34.2 Å². The van der Waals surface area contributed by atoms with Crippen molar-refractivity contribution in [2.45, 2.75) is 33.4 Å². The molecule has 1 aromatic heterocycles. The van der Waals surface area contributed by atoms with E-state index in [1.165, 1.54) is 5.56 Å². The second kappa shape index (κ2) is 11.7. The van der Waals surface area contributed by atoms with E-state index in [2.05, 4.69) is 51.8 Å². The van der Waals surface area contributed by atoms with Crippen LogP contribution in [0.4, 0.5) is 0 Å². The molecule has 1 heterocycles. The summed E-state index contributed by atoms with van der Waals surface area (Å²) in [6.45, 7) is 7.09. The third-order valence-electron chi connectivity index (χ3n) is 3.62. The lowest BCUT2D eigenvalue weighted by Gasteiger charge is -2.11. The SMILES string of the molecule is CCNC(=NCc1nncn1CC)NCCc1ccc(OC)cc1.I. The largest absolute Gasteiger partial charge is 0.497 e. The average molecular weight is 458 g/mol. The summed E-state index contributed by atoms with van der Waals surface area (Å²) in [5.41, 5.74) is 1.25. The molecule has 0 radical (unpaired) electrons. The molecular weight excluding hydrogens is 431 g/mol. The molecule has 0 bridgehead atoms. The minimum absolute atomic E-state index is 0. The lowest BCUT2D eigenvalue weighted by atomic mass is 10.1. The third-order valence-corrected chi connectivity index (χ3v) is 3.62. The van der Waals surface area contributed by atoms with Crippen LogP contribution >= 0.6 is 24.0 Å². The number of nitrogens with zero attached hydrogens (tertiary/aromatic N) is 4. The van der Waals surface area contributed by atoms with Crippen molar-refractivity contribution >= 4 is 29.9 Å². The molecule has 7 nitrogen and oxygen atoms in total. The maximum atomic E-state index is 5.17. The summed E-state index contributed by atoms with van der Waals surface area (Å²) in [7, 11) is 1.68. The van der Waals surface area contributed by atoms with Crippen LogP contribution < -0.4 is 15.4 Å². The Hall–Kier alpha value is -1.84. The van der Waals surface area contributed by atoms with Crippen LogP contribution in [0, 0.1) is 0 Å². The van der Waals surface area contributed by atoms with Gasteiger partial charge in [0.15, 0.2) is 11.8 Å². The standard InChI is InChI=1S/C17H26N6O.HI/c1-4-18-17(20-12-16-22-21-13-23(16)5-2)19-11-10-14-6-8-15(24-3)9-7-14;/h6-9,13H,4-5,10-12H2,1-3H3,(H2,18,19,20);1H. The molecule has 8 heteroatoms. The minimum atomic E-state index is 0. The molecule has 2 N–H and O–H groups in total. The molecule has 0 spiro atoms. The molecular formula is C17H27IN6O. The first-order valence-corrected chi connectivity index (χ1v) is 8.28. The van der Waals surface area contributed by atoms with Gasteiger partial charge in [0.05, 0.1) is 7.11 Å². The average Bonchev–Trinajstić information content (AvgIpc) is 3.08. The van der Waals surface area contributed by atoms with Crippen molar-refractivity contribution in [1.82, 2.24) is 25.4 Å². The molecule has 25 heavy (non-hydrogen) atoms. The Kier molecular flexibility index (Phi) is 9.90. The highest BCUT2D eigenvalue weighted by Crippen LogP contribution is 2.11. The zero-order valence-corrected chi connectivity index (χ0v) is 17.4. The molecule has 0 saturated heterocycles. The quantitative estimate of drug-likeness (QED) is 0.361. The molecule has 0 atom stereocenters. The second-order valence-corrected chi connectivity index (χ2v) is 5.25. The maximum absolute atomic E-state index is 5.17. The van der Waals surface area contributed by atoms with Crippen LogP contribution in [0.2, 0.25) is 0 Å². The van der Waals surface area contributed by atoms with Crippen molar-refractivity contribution in [3.8, 4) is 5.75 Å². The topological polar surface area (TPSA) is 76.4 Å². The van der Waals surface area contributed by atoms with Crippen molar-refractivity contribution in [2.24, 2.45) is 4.99 Å². The molecule has 0 aliphatic heterocycles. The predicted octanol–water partition coefficient (Wildman–Crippen LogP) is 2.22. The van der Waals surface area contributed by atoms with E-state index in [-0.39, 0.29) is 24.0 Å². The molecule has 0 aliphatic carbocycles. The number of aryl methyl sites for hydroxylation is 1. The number of ether oxygens (including phenoxy) is 1. The van der Waals surface area contributed by atoms with Gasteiger partial charge in [0.2, 0.25) is 0 Å². The first-order valence-electron chi connectivity index (χ1n) is 8.28. The van der Waals surface area contributed by atoms with E-state index in [0.717, 1.165) is 43.6 Å². The van der Waals surface area contributed by atoms with E-state index >= 15 is 0 Å². The van der Waals surface area contributed by atoms with E-state index in [1.807, 2.05) is 16.7 Å². The summed E-state index contributed by atoms with van der Waals surface area (Å²) >= 11 is 0. The molecule has 1 aromatic carbocycles. The van der Waals surface area contributed by atoms with Gasteiger partial charge in [0.25, 0.3) is 0 Å². The van der Waals surface area contributed by atoms with Crippen molar-refractivity contribution in [2.75, 3.05) is 20.2 Å². The van der Waals surface area contributed by atoms with Gasteiger partial charge >= 0.3 is 0 Å². The summed E-state index contributed by atoms with van der Waals surface area (Å²) in [6.07, 6.45) is 2.65. The zero-order chi connectivity index (χ0) is 17.2. The first-order chi connectivity index (χ1) is 11.8. The summed E-state index contributed by atoms with van der Waals surface area (Å²) in [4.78, 5) is 4.57.